The maximum atomic E-state index is 12.1. The average molecular weight is 336 g/mol. The minimum Gasteiger partial charge on any atom is -0.330 e. The second kappa shape index (κ2) is 8.99. The van der Waals surface area contributed by atoms with Crippen LogP contribution in [0.25, 0.3) is 0 Å². The van der Waals surface area contributed by atoms with Gasteiger partial charge in [0.05, 0.1) is 4.90 Å². The van der Waals surface area contributed by atoms with Gasteiger partial charge >= 0.3 is 0 Å². The van der Waals surface area contributed by atoms with Crippen LogP contribution in [0.4, 0.5) is 5.69 Å². The molecule has 1 aromatic carbocycles. The smallest absolute Gasteiger partial charge is 0.240 e. The Kier molecular flexibility index (Phi) is 8.50. The van der Waals surface area contributed by atoms with Gasteiger partial charge in [0.25, 0.3) is 0 Å². The number of hydrogen-bond acceptors (Lipinski definition) is 4. The normalized spacial score (nSPS) is 12.3. The van der Waals surface area contributed by atoms with E-state index >= 15 is 0 Å². The molecule has 0 radical (unpaired) electrons. The SMILES string of the molecule is CCC(C)NS(=O)(=O)c1cccc(NC(=O)CCN)c1.Cl. The minimum absolute atomic E-state index is 0. The molecule has 1 aromatic rings. The highest BCUT2D eigenvalue weighted by molar-refractivity contribution is 7.89. The lowest BCUT2D eigenvalue weighted by Crippen LogP contribution is -2.32. The van der Waals surface area contributed by atoms with Crippen molar-refractivity contribution in [1.29, 1.82) is 0 Å². The van der Waals surface area contributed by atoms with Crippen LogP contribution in [0.1, 0.15) is 26.7 Å². The molecule has 1 amide bonds. The molecule has 0 aliphatic carbocycles. The van der Waals surface area contributed by atoms with Crippen LogP contribution < -0.4 is 15.8 Å². The summed E-state index contributed by atoms with van der Waals surface area (Å²) in [7, 11) is -3.57. The second-order valence-corrected chi connectivity index (χ2v) is 6.26. The number of carbonyl (C=O) groups is 1. The molecule has 0 spiro atoms. The molecule has 1 unspecified atom stereocenters. The maximum Gasteiger partial charge on any atom is 0.240 e. The minimum atomic E-state index is -3.57. The van der Waals surface area contributed by atoms with E-state index in [1.165, 1.54) is 12.1 Å². The third-order valence-corrected chi connectivity index (χ3v) is 4.36. The summed E-state index contributed by atoms with van der Waals surface area (Å²) in [5.74, 6) is -0.239. The van der Waals surface area contributed by atoms with Crippen molar-refractivity contribution in [3.05, 3.63) is 24.3 Å². The van der Waals surface area contributed by atoms with Crippen molar-refractivity contribution in [2.75, 3.05) is 11.9 Å². The van der Waals surface area contributed by atoms with Gasteiger partial charge in [-0.15, -0.1) is 12.4 Å². The van der Waals surface area contributed by atoms with Gasteiger partial charge in [-0.25, -0.2) is 13.1 Å². The van der Waals surface area contributed by atoms with Crippen LogP contribution >= 0.6 is 12.4 Å². The lowest BCUT2D eigenvalue weighted by Gasteiger charge is -2.13. The third-order valence-electron chi connectivity index (χ3n) is 2.77. The molecule has 0 fully saturated rings. The van der Waals surface area contributed by atoms with Crippen molar-refractivity contribution < 1.29 is 13.2 Å². The molecule has 0 aromatic heterocycles. The Morgan fingerprint density at radius 2 is 2.05 bits per heavy atom. The van der Waals surface area contributed by atoms with Crippen molar-refractivity contribution in [2.24, 2.45) is 5.73 Å². The molecular weight excluding hydrogens is 314 g/mol. The van der Waals surface area contributed by atoms with Gasteiger partial charge in [0.2, 0.25) is 15.9 Å². The third kappa shape index (κ3) is 6.43. The topological polar surface area (TPSA) is 101 Å². The van der Waals surface area contributed by atoms with Gasteiger partial charge in [0, 0.05) is 24.7 Å². The number of nitrogens with two attached hydrogens (primary N) is 1. The van der Waals surface area contributed by atoms with Crippen molar-refractivity contribution >= 4 is 34.0 Å². The molecule has 0 saturated carbocycles. The number of halogens is 1. The number of rotatable bonds is 7. The summed E-state index contributed by atoms with van der Waals surface area (Å²) < 4.78 is 26.8. The molecule has 0 aliphatic rings. The number of carbonyl (C=O) groups excluding carboxylic acids is 1. The van der Waals surface area contributed by atoms with Crippen molar-refractivity contribution in [1.82, 2.24) is 4.72 Å². The Labute approximate surface area is 132 Å². The largest absolute Gasteiger partial charge is 0.330 e. The first-order valence-electron chi connectivity index (χ1n) is 6.51. The Morgan fingerprint density at radius 1 is 1.38 bits per heavy atom. The van der Waals surface area contributed by atoms with Gasteiger partial charge < -0.3 is 11.1 Å². The summed E-state index contributed by atoms with van der Waals surface area (Å²) in [6.45, 7) is 3.94. The van der Waals surface area contributed by atoms with Gasteiger partial charge in [-0.3, -0.25) is 4.79 Å². The van der Waals surface area contributed by atoms with Crippen LogP contribution in [-0.4, -0.2) is 26.9 Å². The summed E-state index contributed by atoms with van der Waals surface area (Å²) in [6.07, 6.45) is 0.897. The van der Waals surface area contributed by atoms with Gasteiger partial charge in [-0.1, -0.05) is 13.0 Å². The molecule has 0 heterocycles. The summed E-state index contributed by atoms with van der Waals surface area (Å²) >= 11 is 0. The predicted molar refractivity (Wildman–Crippen MR) is 86.1 cm³/mol. The van der Waals surface area contributed by atoms with Crippen LogP contribution in [0.5, 0.6) is 0 Å². The highest BCUT2D eigenvalue weighted by Crippen LogP contribution is 2.16. The summed E-state index contributed by atoms with van der Waals surface area (Å²) in [5.41, 5.74) is 5.73. The van der Waals surface area contributed by atoms with Crippen molar-refractivity contribution in [2.45, 2.75) is 37.6 Å². The van der Waals surface area contributed by atoms with Crippen LogP contribution in [0.3, 0.4) is 0 Å². The van der Waals surface area contributed by atoms with Crippen molar-refractivity contribution in [3.8, 4) is 0 Å². The Balaban J connectivity index is 0.00000400. The van der Waals surface area contributed by atoms with E-state index in [0.29, 0.717) is 12.1 Å². The van der Waals surface area contributed by atoms with Gasteiger partial charge in [-0.05, 0) is 31.5 Å². The first kappa shape index (κ1) is 19.9. The van der Waals surface area contributed by atoms with E-state index in [1.807, 2.05) is 6.92 Å². The maximum absolute atomic E-state index is 12.1. The second-order valence-electron chi connectivity index (χ2n) is 4.55. The number of hydrogen-bond donors (Lipinski definition) is 3. The van der Waals surface area contributed by atoms with Crippen molar-refractivity contribution in [3.63, 3.8) is 0 Å². The van der Waals surface area contributed by atoms with Crippen LogP contribution in [-0.2, 0) is 14.8 Å². The standard InChI is InChI=1S/C13H21N3O3S.ClH/c1-3-10(2)16-20(18,19)12-6-4-5-11(9-12)15-13(17)7-8-14;/h4-6,9-10,16H,3,7-8,14H2,1-2H3,(H,15,17);1H. The highest BCUT2D eigenvalue weighted by Gasteiger charge is 2.17. The van der Waals surface area contributed by atoms with E-state index in [0.717, 1.165) is 0 Å². The number of amides is 1. The summed E-state index contributed by atoms with van der Waals surface area (Å²) in [5, 5.41) is 2.61. The van der Waals surface area contributed by atoms with Gasteiger partial charge in [-0.2, -0.15) is 0 Å². The monoisotopic (exact) mass is 335 g/mol. The Hall–Kier alpha value is -1.15. The molecule has 1 rings (SSSR count). The zero-order valence-corrected chi connectivity index (χ0v) is 13.8. The van der Waals surface area contributed by atoms with Crippen LogP contribution in [0.15, 0.2) is 29.2 Å². The van der Waals surface area contributed by atoms with Crippen LogP contribution in [0.2, 0.25) is 0 Å². The predicted octanol–water partition coefficient (Wildman–Crippen LogP) is 1.47. The molecule has 4 N–H and O–H groups in total. The first-order chi connectivity index (χ1) is 9.39. The molecule has 1 atom stereocenters. The summed E-state index contributed by atoms with van der Waals surface area (Å²) in [6, 6.07) is 6.00. The zero-order chi connectivity index (χ0) is 15.2. The van der Waals surface area contributed by atoms with E-state index in [2.05, 4.69) is 10.0 Å². The van der Waals surface area contributed by atoms with E-state index in [4.69, 9.17) is 5.73 Å². The highest BCUT2D eigenvalue weighted by atomic mass is 35.5. The fourth-order valence-corrected chi connectivity index (χ4v) is 2.88. The van der Waals surface area contributed by atoms with Crippen LogP contribution in [0, 0.1) is 0 Å². The average Bonchev–Trinajstić information content (AvgIpc) is 2.38. The fourth-order valence-electron chi connectivity index (χ4n) is 1.51. The van der Waals surface area contributed by atoms with E-state index in [-0.39, 0.29) is 42.2 Å². The number of benzene rings is 1. The molecule has 8 heteroatoms. The lowest BCUT2D eigenvalue weighted by atomic mass is 10.3. The van der Waals surface area contributed by atoms with E-state index < -0.39 is 10.0 Å². The molecule has 21 heavy (non-hydrogen) atoms. The van der Waals surface area contributed by atoms with Gasteiger partial charge in [0.1, 0.15) is 0 Å². The Morgan fingerprint density at radius 3 is 2.62 bits per heavy atom. The van der Waals surface area contributed by atoms with E-state index in [1.54, 1.807) is 19.1 Å². The van der Waals surface area contributed by atoms with E-state index in [9.17, 15) is 13.2 Å². The summed E-state index contributed by atoms with van der Waals surface area (Å²) in [4.78, 5) is 11.6. The molecule has 0 bridgehead atoms. The van der Waals surface area contributed by atoms with Gasteiger partial charge in [0.15, 0.2) is 0 Å². The fraction of sp³-hybridized carbons (Fsp3) is 0.462. The Bertz CT molecular complexity index is 564. The molecule has 120 valence electrons. The molecular formula is C13H22ClN3O3S. The number of anilines is 1. The molecule has 0 aliphatic heterocycles. The number of nitrogens with one attached hydrogen (secondary N) is 2. The zero-order valence-electron chi connectivity index (χ0n) is 12.1. The molecule has 6 nitrogen and oxygen atoms in total. The molecule has 0 saturated heterocycles. The lowest BCUT2D eigenvalue weighted by molar-refractivity contribution is -0.116. The first-order valence-corrected chi connectivity index (χ1v) is 7.99. The quantitative estimate of drug-likeness (QED) is 0.702. The number of sulfonamides is 1.